The lowest BCUT2D eigenvalue weighted by Gasteiger charge is -2.31. The van der Waals surface area contributed by atoms with Crippen LogP contribution in [0.25, 0.3) is 0 Å². The van der Waals surface area contributed by atoms with E-state index in [4.69, 9.17) is 4.74 Å². The second-order valence-electron chi connectivity index (χ2n) is 6.18. The van der Waals surface area contributed by atoms with Crippen LogP contribution in [0.15, 0.2) is 18.2 Å². The molecular formula is C17H24N2O2. The molecule has 2 aliphatic rings. The summed E-state index contributed by atoms with van der Waals surface area (Å²) in [6.45, 7) is 6.16. The number of carbonyl (C=O) groups is 1. The van der Waals surface area contributed by atoms with Gasteiger partial charge in [0.25, 0.3) is 0 Å². The van der Waals surface area contributed by atoms with Crippen LogP contribution < -0.4 is 5.32 Å². The number of nitrogens with zero attached hydrogens (tertiary/aromatic N) is 1. The summed E-state index contributed by atoms with van der Waals surface area (Å²) in [5.41, 5.74) is 3.68. The van der Waals surface area contributed by atoms with Crippen molar-refractivity contribution in [1.82, 2.24) is 10.2 Å². The third-order valence-corrected chi connectivity index (χ3v) is 4.47. The average Bonchev–Trinajstić information content (AvgIpc) is 2.82. The first-order chi connectivity index (χ1) is 10.1. The molecule has 21 heavy (non-hydrogen) atoms. The maximum atomic E-state index is 12.2. The normalized spacial score (nSPS) is 26.4. The van der Waals surface area contributed by atoms with E-state index in [2.05, 4.69) is 37.4 Å². The van der Waals surface area contributed by atoms with E-state index in [0.717, 1.165) is 19.4 Å². The molecule has 0 aliphatic carbocycles. The first kappa shape index (κ1) is 14.5. The number of hydrogen-bond donors (Lipinski definition) is 1. The van der Waals surface area contributed by atoms with E-state index in [1.54, 1.807) is 0 Å². The number of amides is 1. The minimum atomic E-state index is -0.0105. The molecule has 1 N–H and O–H groups in total. The molecule has 3 rings (SSSR count). The lowest BCUT2D eigenvalue weighted by Crippen LogP contribution is -2.39. The molecule has 2 unspecified atom stereocenters. The molecule has 114 valence electrons. The number of nitrogens with one attached hydrogen (secondary N) is 1. The molecule has 1 aromatic rings. The van der Waals surface area contributed by atoms with E-state index in [9.17, 15) is 4.79 Å². The first-order valence-corrected chi connectivity index (χ1v) is 7.87. The van der Waals surface area contributed by atoms with Crippen molar-refractivity contribution < 1.29 is 9.53 Å². The van der Waals surface area contributed by atoms with Gasteiger partial charge in [0, 0.05) is 13.2 Å². The molecule has 4 heteroatoms. The maximum Gasteiger partial charge on any atom is 0.238 e. The molecule has 0 bridgehead atoms. The molecule has 0 saturated carbocycles. The SMILES string of the molecule is Cc1ccc(C2NCC(=O)N2CC2CCCCO2)c(C)c1. The molecule has 0 radical (unpaired) electrons. The summed E-state index contributed by atoms with van der Waals surface area (Å²) in [6, 6.07) is 6.42. The largest absolute Gasteiger partial charge is 0.376 e. The molecule has 0 aromatic heterocycles. The van der Waals surface area contributed by atoms with Crippen LogP contribution in [-0.2, 0) is 9.53 Å². The number of benzene rings is 1. The van der Waals surface area contributed by atoms with Gasteiger partial charge in [0.1, 0.15) is 6.17 Å². The quantitative estimate of drug-likeness (QED) is 0.928. The van der Waals surface area contributed by atoms with Gasteiger partial charge < -0.3 is 9.64 Å². The summed E-state index contributed by atoms with van der Waals surface area (Å²) in [6.07, 6.45) is 3.58. The Morgan fingerprint density at radius 2 is 2.19 bits per heavy atom. The summed E-state index contributed by atoms with van der Waals surface area (Å²) in [5, 5.41) is 3.34. The molecule has 2 fully saturated rings. The first-order valence-electron chi connectivity index (χ1n) is 7.87. The van der Waals surface area contributed by atoms with Crippen molar-refractivity contribution in [3.63, 3.8) is 0 Å². The van der Waals surface area contributed by atoms with Crippen LogP contribution in [0, 0.1) is 13.8 Å². The maximum absolute atomic E-state index is 12.2. The van der Waals surface area contributed by atoms with Crippen LogP contribution in [0.2, 0.25) is 0 Å². The van der Waals surface area contributed by atoms with E-state index in [1.165, 1.54) is 23.1 Å². The Morgan fingerprint density at radius 1 is 1.33 bits per heavy atom. The number of ether oxygens (including phenoxy) is 1. The fourth-order valence-corrected chi connectivity index (χ4v) is 3.33. The van der Waals surface area contributed by atoms with Gasteiger partial charge in [-0.2, -0.15) is 0 Å². The zero-order valence-electron chi connectivity index (χ0n) is 12.9. The van der Waals surface area contributed by atoms with Gasteiger partial charge in [-0.15, -0.1) is 0 Å². The van der Waals surface area contributed by atoms with Gasteiger partial charge in [-0.3, -0.25) is 10.1 Å². The minimum absolute atomic E-state index is 0.0105. The van der Waals surface area contributed by atoms with Gasteiger partial charge >= 0.3 is 0 Å². The Labute approximate surface area is 126 Å². The van der Waals surface area contributed by atoms with Gasteiger partial charge in [-0.25, -0.2) is 0 Å². The van der Waals surface area contributed by atoms with Crippen molar-refractivity contribution >= 4 is 5.91 Å². The summed E-state index contributed by atoms with van der Waals surface area (Å²) in [5.74, 6) is 0.175. The fraction of sp³-hybridized carbons (Fsp3) is 0.588. The molecule has 0 spiro atoms. The Kier molecular flexibility index (Phi) is 4.27. The highest BCUT2D eigenvalue weighted by Gasteiger charge is 2.34. The van der Waals surface area contributed by atoms with E-state index < -0.39 is 0 Å². The molecule has 2 atom stereocenters. The Balaban J connectivity index is 1.78. The highest BCUT2D eigenvalue weighted by molar-refractivity contribution is 5.81. The Hall–Kier alpha value is -1.39. The van der Waals surface area contributed by atoms with Gasteiger partial charge in [0.2, 0.25) is 5.91 Å². The summed E-state index contributed by atoms with van der Waals surface area (Å²) < 4.78 is 5.80. The third kappa shape index (κ3) is 3.11. The van der Waals surface area contributed by atoms with Gasteiger partial charge in [-0.1, -0.05) is 23.8 Å². The van der Waals surface area contributed by atoms with Crippen LogP contribution in [0.3, 0.4) is 0 Å². The number of aryl methyl sites for hydroxylation is 2. The number of hydrogen-bond acceptors (Lipinski definition) is 3. The van der Waals surface area contributed by atoms with Crippen LogP contribution in [0.1, 0.15) is 42.1 Å². The van der Waals surface area contributed by atoms with E-state index >= 15 is 0 Å². The zero-order valence-corrected chi connectivity index (χ0v) is 12.9. The van der Waals surface area contributed by atoms with Crippen molar-refractivity contribution in [2.24, 2.45) is 0 Å². The smallest absolute Gasteiger partial charge is 0.238 e. The van der Waals surface area contributed by atoms with Crippen molar-refractivity contribution in [2.75, 3.05) is 19.7 Å². The average molecular weight is 288 g/mol. The van der Waals surface area contributed by atoms with E-state index in [-0.39, 0.29) is 18.2 Å². The zero-order chi connectivity index (χ0) is 14.8. The van der Waals surface area contributed by atoms with Crippen molar-refractivity contribution in [1.29, 1.82) is 0 Å². The van der Waals surface area contributed by atoms with Crippen LogP contribution in [0.4, 0.5) is 0 Å². The van der Waals surface area contributed by atoms with Crippen LogP contribution in [0.5, 0.6) is 0 Å². The van der Waals surface area contributed by atoms with E-state index in [0.29, 0.717) is 13.1 Å². The number of rotatable bonds is 3. The third-order valence-electron chi connectivity index (χ3n) is 4.47. The summed E-state index contributed by atoms with van der Waals surface area (Å²) in [7, 11) is 0. The molecule has 2 heterocycles. The second-order valence-corrected chi connectivity index (χ2v) is 6.18. The van der Waals surface area contributed by atoms with Crippen molar-refractivity contribution in [3.05, 3.63) is 34.9 Å². The molecule has 2 saturated heterocycles. The van der Waals surface area contributed by atoms with Crippen molar-refractivity contribution in [2.45, 2.75) is 45.4 Å². The van der Waals surface area contributed by atoms with Crippen molar-refractivity contribution in [3.8, 4) is 0 Å². The van der Waals surface area contributed by atoms with Crippen LogP contribution in [-0.4, -0.2) is 36.6 Å². The van der Waals surface area contributed by atoms with Gasteiger partial charge in [0.05, 0.1) is 12.6 Å². The number of carbonyl (C=O) groups excluding carboxylic acids is 1. The minimum Gasteiger partial charge on any atom is -0.376 e. The predicted molar refractivity (Wildman–Crippen MR) is 82.0 cm³/mol. The molecule has 1 aromatic carbocycles. The lowest BCUT2D eigenvalue weighted by molar-refractivity contribution is -0.130. The Bertz CT molecular complexity index is 524. The molecule has 1 amide bonds. The summed E-state index contributed by atoms with van der Waals surface area (Å²) >= 11 is 0. The lowest BCUT2D eigenvalue weighted by atomic mass is 10.0. The fourth-order valence-electron chi connectivity index (χ4n) is 3.33. The second kappa shape index (κ2) is 6.16. The molecule has 2 aliphatic heterocycles. The highest BCUT2D eigenvalue weighted by Crippen LogP contribution is 2.27. The van der Waals surface area contributed by atoms with E-state index in [1.807, 2.05) is 4.90 Å². The predicted octanol–water partition coefficient (Wildman–Crippen LogP) is 2.30. The Morgan fingerprint density at radius 3 is 2.90 bits per heavy atom. The monoisotopic (exact) mass is 288 g/mol. The highest BCUT2D eigenvalue weighted by atomic mass is 16.5. The van der Waals surface area contributed by atoms with Gasteiger partial charge in [-0.05, 0) is 44.2 Å². The molecule has 4 nitrogen and oxygen atoms in total. The summed E-state index contributed by atoms with van der Waals surface area (Å²) in [4.78, 5) is 14.2. The molecular weight excluding hydrogens is 264 g/mol. The topological polar surface area (TPSA) is 41.6 Å². The van der Waals surface area contributed by atoms with Gasteiger partial charge in [0.15, 0.2) is 0 Å². The standard InChI is InChI=1S/C17H24N2O2/c1-12-6-7-15(13(2)9-12)17-18-10-16(20)19(17)11-14-5-3-4-8-21-14/h6-7,9,14,17-18H,3-5,8,10-11H2,1-2H3. The van der Waals surface area contributed by atoms with Crippen LogP contribution >= 0.6 is 0 Å².